The number of anilines is 3. The van der Waals surface area contributed by atoms with Crippen LogP contribution >= 0.6 is 0 Å². The molecule has 0 radical (unpaired) electrons. The highest BCUT2D eigenvalue weighted by atomic mass is 16.3. The van der Waals surface area contributed by atoms with Crippen LogP contribution in [0.5, 0.6) is 0 Å². The summed E-state index contributed by atoms with van der Waals surface area (Å²) in [6.07, 6.45) is 0. The van der Waals surface area contributed by atoms with Crippen LogP contribution in [0.3, 0.4) is 0 Å². The van der Waals surface area contributed by atoms with E-state index in [0.29, 0.717) is 43.9 Å². The zero-order valence-corrected chi connectivity index (χ0v) is 25.3. The first-order valence-corrected chi connectivity index (χ1v) is 14.9. The van der Waals surface area contributed by atoms with E-state index in [1.165, 1.54) is 11.1 Å². The summed E-state index contributed by atoms with van der Waals surface area (Å²) in [4.78, 5) is 29.9. The Labute approximate surface area is 254 Å². The van der Waals surface area contributed by atoms with Gasteiger partial charge in [0.1, 0.15) is 22.3 Å². The number of nitrogens with zero attached hydrogens (tertiary/aromatic N) is 1. The van der Waals surface area contributed by atoms with Gasteiger partial charge in [0, 0.05) is 11.1 Å². The largest absolute Gasteiger partial charge is 0.456 e. The smallest absolute Gasteiger partial charge is 0.200 e. The van der Waals surface area contributed by atoms with Crippen molar-refractivity contribution in [3.8, 4) is 0 Å². The second kappa shape index (κ2) is 8.93. The molecular weight excluding hydrogens is 546 g/mol. The predicted octanol–water partition coefficient (Wildman–Crippen LogP) is 9.61. The molecule has 1 aliphatic heterocycles. The Morgan fingerprint density at radius 3 is 1.59 bits per heavy atom. The van der Waals surface area contributed by atoms with Gasteiger partial charge in [-0.2, -0.15) is 0 Å². The molecule has 44 heavy (non-hydrogen) atoms. The molecular formula is C39H31NO4. The van der Waals surface area contributed by atoms with Crippen LogP contribution in [0.15, 0.2) is 115 Å². The minimum Gasteiger partial charge on any atom is -0.456 e. The number of hydrogen-bond acceptors (Lipinski definition) is 5. The standard InChI is InChI=1S/C39H31NO4/c1-38(2,3)22-14-16-32-24(18-22)36(41)26-20-35-27(21-34(26)43-32)37(42)25-19-23(15-17-33(25)44-35)40-30-12-8-6-10-28(30)39(4,5)29-11-7-9-13-31(29)40/h6-21H,1-5H3. The summed E-state index contributed by atoms with van der Waals surface area (Å²) in [7, 11) is 0. The van der Waals surface area contributed by atoms with Crippen molar-refractivity contribution in [1.82, 2.24) is 0 Å². The molecule has 216 valence electrons. The van der Waals surface area contributed by atoms with Crippen LogP contribution in [0, 0.1) is 0 Å². The third-order valence-corrected chi connectivity index (χ3v) is 9.20. The molecule has 0 N–H and O–H groups in total. The van der Waals surface area contributed by atoms with Gasteiger partial charge in [0.15, 0.2) is 0 Å². The highest BCUT2D eigenvalue weighted by molar-refractivity contribution is 6.01. The Hall–Kier alpha value is -5.16. The highest BCUT2D eigenvalue weighted by Crippen LogP contribution is 2.51. The zero-order chi connectivity index (χ0) is 30.5. The Balaban J connectivity index is 1.35. The summed E-state index contributed by atoms with van der Waals surface area (Å²) in [6.45, 7) is 10.8. The van der Waals surface area contributed by atoms with E-state index in [4.69, 9.17) is 8.83 Å². The molecule has 0 bridgehead atoms. The maximum atomic E-state index is 14.1. The summed E-state index contributed by atoms with van der Waals surface area (Å²) >= 11 is 0. The lowest BCUT2D eigenvalue weighted by molar-refractivity contribution is 0.590. The van der Waals surface area contributed by atoms with Crippen LogP contribution < -0.4 is 15.8 Å². The molecule has 1 aliphatic rings. The average Bonchev–Trinajstić information content (AvgIpc) is 3.01. The SMILES string of the molecule is CC(C)(C)c1ccc2oc3cc4c(=O)c5cc(N6c7ccccc7C(C)(C)c7ccccc76)ccc5oc4cc3c(=O)c2c1. The predicted molar refractivity (Wildman–Crippen MR) is 179 cm³/mol. The van der Waals surface area contributed by atoms with Crippen LogP contribution in [-0.4, -0.2) is 0 Å². The van der Waals surface area contributed by atoms with Gasteiger partial charge in [-0.1, -0.05) is 77.1 Å². The van der Waals surface area contributed by atoms with E-state index in [9.17, 15) is 9.59 Å². The summed E-state index contributed by atoms with van der Waals surface area (Å²) in [6, 6.07) is 31.6. The highest BCUT2D eigenvalue weighted by Gasteiger charge is 2.36. The van der Waals surface area contributed by atoms with Gasteiger partial charge in [-0.3, -0.25) is 9.59 Å². The number of para-hydroxylation sites is 2. The normalized spacial score (nSPS) is 14.3. The van der Waals surface area contributed by atoms with Gasteiger partial charge in [-0.05, 0) is 76.7 Å². The lowest BCUT2D eigenvalue weighted by atomic mass is 9.73. The summed E-state index contributed by atoms with van der Waals surface area (Å²) in [5.41, 5.74) is 7.58. The van der Waals surface area contributed by atoms with Crippen molar-refractivity contribution in [2.24, 2.45) is 0 Å². The topological polar surface area (TPSA) is 63.7 Å². The molecule has 3 heterocycles. The molecule has 5 aromatic carbocycles. The van der Waals surface area contributed by atoms with Gasteiger partial charge in [0.25, 0.3) is 0 Å². The van der Waals surface area contributed by atoms with Crippen molar-refractivity contribution in [3.05, 3.63) is 134 Å². The molecule has 5 nitrogen and oxygen atoms in total. The quantitative estimate of drug-likeness (QED) is 0.182. The van der Waals surface area contributed by atoms with Gasteiger partial charge in [-0.15, -0.1) is 0 Å². The van der Waals surface area contributed by atoms with E-state index in [1.54, 1.807) is 12.1 Å². The van der Waals surface area contributed by atoms with E-state index in [1.807, 2.05) is 48.5 Å². The van der Waals surface area contributed by atoms with E-state index in [0.717, 1.165) is 22.6 Å². The van der Waals surface area contributed by atoms with E-state index in [-0.39, 0.29) is 21.7 Å². The van der Waals surface area contributed by atoms with Crippen molar-refractivity contribution in [1.29, 1.82) is 0 Å². The van der Waals surface area contributed by atoms with Gasteiger partial charge >= 0.3 is 0 Å². The van der Waals surface area contributed by atoms with Crippen LogP contribution in [0.2, 0.25) is 0 Å². The monoisotopic (exact) mass is 577 g/mol. The lowest BCUT2D eigenvalue weighted by Gasteiger charge is -2.42. The molecule has 0 amide bonds. The molecule has 0 spiro atoms. The fourth-order valence-corrected chi connectivity index (χ4v) is 6.74. The minimum atomic E-state index is -0.181. The maximum absolute atomic E-state index is 14.1. The van der Waals surface area contributed by atoms with Gasteiger partial charge in [-0.25, -0.2) is 0 Å². The lowest BCUT2D eigenvalue weighted by Crippen LogP contribution is -2.30. The Bertz CT molecular complexity index is 2410. The van der Waals surface area contributed by atoms with Gasteiger partial charge in [0.05, 0.1) is 32.9 Å². The molecule has 2 aromatic heterocycles. The second-order valence-corrected chi connectivity index (χ2v) is 13.3. The summed E-state index contributed by atoms with van der Waals surface area (Å²) in [5, 5.41) is 1.74. The van der Waals surface area contributed by atoms with Gasteiger partial charge in [0.2, 0.25) is 10.9 Å². The first-order chi connectivity index (χ1) is 21.0. The fraction of sp³-hybridized carbons (Fsp3) is 0.179. The third-order valence-electron chi connectivity index (χ3n) is 9.20. The second-order valence-electron chi connectivity index (χ2n) is 13.3. The number of benzene rings is 5. The van der Waals surface area contributed by atoms with Crippen molar-refractivity contribution < 1.29 is 8.83 Å². The molecule has 5 heteroatoms. The van der Waals surface area contributed by atoms with Gasteiger partial charge < -0.3 is 13.7 Å². The number of hydrogen-bond donors (Lipinski definition) is 0. The third kappa shape index (κ3) is 3.72. The molecule has 7 aromatic rings. The Morgan fingerprint density at radius 1 is 0.568 bits per heavy atom. The summed E-state index contributed by atoms with van der Waals surface area (Å²) < 4.78 is 12.5. The Kier molecular flexibility index (Phi) is 5.37. The number of rotatable bonds is 1. The van der Waals surface area contributed by atoms with Crippen molar-refractivity contribution in [2.75, 3.05) is 4.90 Å². The molecule has 0 saturated carbocycles. The minimum absolute atomic E-state index is 0.113. The van der Waals surface area contributed by atoms with E-state index in [2.05, 4.69) is 75.9 Å². The van der Waals surface area contributed by atoms with Crippen molar-refractivity contribution in [2.45, 2.75) is 45.4 Å². The molecule has 0 aliphatic carbocycles. The fourth-order valence-electron chi connectivity index (χ4n) is 6.74. The van der Waals surface area contributed by atoms with Crippen LogP contribution in [0.25, 0.3) is 43.9 Å². The molecule has 0 atom stereocenters. The number of fused-ring (bicyclic) bond motifs is 6. The first kappa shape index (κ1) is 26.5. The molecule has 0 saturated heterocycles. The zero-order valence-electron chi connectivity index (χ0n) is 25.3. The van der Waals surface area contributed by atoms with Crippen molar-refractivity contribution in [3.63, 3.8) is 0 Å². The van der Waals surface area contributed by atoms with Crippen LogP contribution in [-0.2, 0) is 10.8 Å². The van der Waals surface area contributed by atoms with Crippen LogP contribution in [0.4, 0.5) is 17.1 Å². The molecule has 0 fully saturated rings. The molecule has 8 rings (SSSR count). The summed E-state index contributed by atoms with van der Waals surface area (Å²) in [5.74, 6) is 0. The first-order valence-electron chi connectivity index (χ1n) is 14.9. The average molecular weight is 578 g/mol. The van der Waals surface area contributed by atoms with E-state index < -0.39 is 0 Å². The van der Waals surface area contributed by atoms with Crippen LogP contribution in [0.1, 0.15) is 51.3 Å². The molecule has 0 unspecified atom stereocenters. The maximum Gasteiger partial charge on any atom is 0.200 e. The Morgan fingerprint density at radius 2 is 1.05 bits per heavy atom. The van der Waals surface area contributed by atoms with Crippen molar-refractivity contribution >= 4 is 60.9 Å². The van der Waals surface area contributed by atoms with E-state index >= 15 is 0 Å².